The molecule has 2 N–H and O–H groups in total. The van der Waals surface area contributed by atoms with Gasteiger partial charge in [-0.05, 0) is 67.9 Å². The molecular formula is C27H35N3O6S. The number of pyridine rings is 1. The third-order valence-corrected chi connectivity index (χ3v) is 8.74. The third-order valence-electron chi connectivity index (χ3n) is 7.50. The maximum Gasteiger partial charge on any atom is 0.281 e. The zero-order chi connectivity index (χ0) is 26.0. The Balaban J connectivity index is 1.32. The van der Waals surface area contributed by atoms with Crippen LogP contribution < -0.4 is 14.4 Å². The highest BCUT2D eigenvalue weighted by molar-refractivity contribution is 7.90. The highest BCUT2D eigenvalue weighted by Crippen LogP contribution is 2.44. The number of nitrogens with one attached hydrogen (secondary N) is 1. The van der Waals surface area contributed by atoms with E-state index in [1.54, 1.807) is 12.1 Å². The van der Waals surface area contributed by atoms with Crippen LogP contribution in [0.1, 0.15) is 55.6 Å². The number of anilines is 1. The maximum absolute atomic E-state index is 13.3. The van der Waals surface area contributed by atoms with Crippen molar-refractivity contribution in [1.82, 2.24) is 9.71 Å². The first kappa shape index (κ1) is 25.9. The Labute approximate surface area is 218 Å². The molecule has 3 aliphatic rings. The molecule has 0 bridgehead atoms. The molecule has 0 radical (unpaired) electrons. The van der Waals surface area contributed by atoms with E-state index < -0.39 is 21.5 Å². The van der Waals surface area contributed by atoms with Crippen molar-refractivity contribution in [3.05, 3.63) is 47.5 Å². The molecule has 2 aliphatic heterocycles. The first-order chi connectivity index (χ1) is 17.8. The second-order valence-corrected chi connectivity index (χ2v) is 12.1. The normalized spacial score (nSPS) is 23.4. The van der Waals surface area contributed by atoms with E-state index >= 15 is 0 Å². The second kappa shape index (κ2) is 10.6. The number of hydrogen-bond acceptors (Lipinski definition) is 8. The van der Waals surface area contributed by atoms with Crippen molar-refractivity contribution in [1.29, 1.82) is 0 Å². The lowest BCUT2D eigenvalue weighted by molar-refractivity contribution is -0.128. The highest BCUT2D eigenvalue weighted by atomic mass is 32.2. The number of piperidine rings is 1. The van der Waals surface area contributed by atoms with Gasteiger partial charge in [-0.15, -0.1) is 0 Å². The van der Waals surface area contributed by atoms with Gasteiger partial charge in [0, 0.05) is 45.1 Å². The molecule has 0 spiro atoms. The highest BCUT2D eigenvalue weighted by Gasteiger charge is 2.54. The number of aryl methyl sites for hydroxylation is 1. The quantitative estimate of drug-likeness (QED) is 0.536. The summed E-state index contributed by atoms with van der Waals surface area (Å²) < 4.78 is 40.5. The molecule has 3 fully saturated rings. The molecule has 1 saturated carbocycles. The van der Waals surface area contributed by atoms with Crippen molar-refractivity contribution in [2.45, 2.75) is 62.0 Å². The fraction of sp³-hybridized carbons (Fsp3) is 0.556. The molecule has 2 aromatic rings. The third kappa shape index (κ3) is 5.76. The van der Waals surface area contributed by atoms with E-state index in [0.717, 1.165) is 50.0 Å². The van der Waals surface area contributed by atoms with Crippen LogP contribution in [0.25, 0.3) is 0 Å². The van der Waals surface area contributed by atoms with Gasteiger partial charge < -0.3 is 19.5 Å². The monoisotopic (exact) mass is 529 g/mol. The van der Waals surface area contributed by atoms with Gasteiger partial charge in [0.1, 0.15) is 11.6 Å². The van der Waals surface area contributed by atoms with Gasteiger partial charge in [0.05, 0.1) is 6.61 Å². The number of rotatable bonds is 8. The fourth-order valence-electron chi connectivity index (χ4n) is 5.17. The average Bonchev–Trinajstić information content (AvgIpc) is 3.70. The van der Waals surface area contributed by atoms with Crippen molar-refractivity contribution >= 4 is 21.7 Å². The van der Waals surface area contributed by atoms with E-state index in [9.17, 15) is 18.3 Å². The molecule has 2 atom stereocenters. The van der Waals surface area contributed by atoms with Gasteiger partial charge in [0.15, 0.2) is 10.6 Å². The Bertz CT molecular complexity index is 1240. The first-order valence-corrected chi connectivity index (χ1v) is 14.6. The van der Waals surface area contributed by atoms with Crippen LogP contribution in [0.4, 0.5) is 5.82 Å². The van der Waals surface area contributed by atoms with Crippen LogP contribution in [0.2, 0.25) is 0 Å². The Morgan fingerprint density at radius 2 is 2.08 bits per heavy atom. The standard InChI is InChI=1S/C27H35N3O6S/c1-19-9-10-22(21-6-4-14-35-18-21)23(15-19)36-27(11-12-27)26(32)29-37(33,34)25-8-2-7-24(28-25)30-13-3-5-20(16-30)17-31/h2,7-10,15,20-21,31H,3-6,11-14,16-18H2,1H3,(H,29,32)/t20-,21?/m1/s1. The van der Waals surface area contributed by atoms with Crippen molar-refractivity contribution in [2.24, 2.45) is 5.92 Å². The maximum atomic E-state index is 13.3. The minimum Gasteiger partial charge on any atom is -0.477 e. The number of hydrogen-bond donors (Lipinski definition) is 2. The van der Waals surface area contributed by atoms with E-state index in [0.29, 0.717) is 37.6 Å². The summed E-state index contributed by atoms with van der Waals surface area (Å²) in [4.78, 5) is 19.6. The van der Waals surface area contributed by atoms with E-state index in [4.69, 9.17) is 9.47 Å². The summed E-state index contributed by atoms with van der Waals surface area (Å²) in [6.07, 6.45) is 4.64. The fourth-order valence-corrected chi connectivity index (χ4v) is 6.18. The number of aliphatic hydroxyl groups excluding tert-OH is 1. The van der Waals surface area contributed by atoms with Crippen LogP contribution in [0.3, 0.4) is 0 Å². The summed E-state index contributed by atoms with van der Waals surface area (Å²) >= 11 is 0. The molecule has 1 aromatic carbocycles. The van der Waals surface area contributed by atoms with Gasteiger partial charge in [-0.3, -0.25) is 4.79 Å². The topological polar surface area (TPSA) is 118 Å². The first-order valence-electron chi connectivity index (χ1n) is 13.1. The molecule has 2 saturated heterocycles. The van der Waals surface area contributed by atoms with Gasteiger partial charge >= 0.3 is 0 Å². The zero-order valence-corrected chi connectivity index (χ0v) is 22.0. The summed E-state index contributed by atoms with van der Waals surface area (Å²) in [7, 11) is -4.20. The van der Waals surface area contributed by atoms with Gasteiger partial charge in [-0.2, -0.15) is 8.42 Å². The number of benzene rings is 1. The number of nitrogens with zero attached hydrogens (tertiary/aromatic N) is 2. The van der Waals surface area contributed by atoms with Gasteiger partial charge in [0.25, 0.3) is 15.9 Å². The van der Waals surface area contributed by atoms with Crippen molar-refractivity contribution in [2.75, 3.05) is 37.8 Å². The molecule has 10 heteroatoms. The lowest BCUT2D eigenvalue weighted by atomic mass is 9.92. The number of ether oxygens (including phenoxy) is 2. The molecule has 3 heterocycles. The number of amides is 1. The molecule has 9 nitrogen and oxygen atoms in total. The molecule has 1 amide bonds. The van der Waals surface area contributed by atoms with Crippen molar-refractivity contribution in [3.8, 4) is 5.75 Å². The minimum atomic E-state index is -4.20. The Hall–Kier alpha value is -2.69. The van der Waals surface area contributed by atoms with E-state index in [2.05, 4.69) is 9.71 Å². The summed E-state index contributed by atoms with van der Waals surface area (Å²) in [5.41, 5.74) is 0.773. The molecule has 5 rings (SSSR count). The van der Waals surface area contributed by atoms with Crippen LogP contribution in [-0.2, 0) is 19.6 Å². The Kier molecular flexibility index (Phi) is 7.42. The Morgan fingerprint density at radius 1 is 1.24 bits per heavy atom. The molecule has 1 unspecified atom stereocenters. The molecule has 37 heavy (non-hydrogen) atoms. The summed E-state index contributed by atoms with van der Waals surface area (Å²) in [5, 5.41) is 9.31. The molecule has 1 aliphatic carbocycles. The summed E-state index contributed by atoms with van der Waals surface area (Å²) in [6, 6.07) is 10.7. The molecule has 200 valence electrons. The van der Waals surface area contributed by atoms with E-state index in [1.807, 2.05) is 30.0 Å². The van der Waals surface area contributed by atoms with Crippen LogP contribution in [0, 0.1) is 12.8 Å². The van der Waals surface area contributed by atoms with Gasteiger partial charge in [-0.1, -0.05) is 18.2 Å². The number of aliphatic hydroxyl groups is 1. The van der Waals surface area contributed by atoms with Crippen LogP contribution >= 0.6 is 0 Å². The SMILES string of the molecule is Cc1ccc(C2CCCOC2)c(OC2(C(=O)NS(=O)(=O)c3cccc(N4CCC[C@@H](CO)C4)n3)CC2)c1. The molecule has 1 aromatic heterocycles. The van der Waals surface area contributed by atoms with Crippen LogP contribution in [0.5, 0.6) is 5.75 Å². The number of carbonyl (C=O) groups is 1. The van der Waals surface area contributed by atoms with Crippen LogP contribution in [-0.4, -0.2) is 62.9 Å². The zero-order valence-electron chi connectivity index (χ0n) is 21.2. The van der Waals surface area contributed by atoms with E-state index in [1.165, 1.54) is 6.07 Å². The van der Waals surface area contributed by atoms with E-state index in [-0.39, 0.29) is 23.5 Å². The summed E-state index contributed by atoms with van der Waals surface area (Å²) in [6.45, 7) is 4.75. The Morgan fingerprint density at radius 3 is 2.81 bits per heavy atom. The minimum absolute atomic E-state index is 0.0864. The van der Waals surface area contributed by atoms with Gasteiger partial charge in [0.2, 0.25) is 0 Å². The number of sulfonamides is 1. The largest absolute Gasteiger partial charge is 0.477 e. The molecular weight excluding hydrogens is 494 g/mol. The predicted octanol–water partition coefficient (Wildman–Crippen LogP) is 2.91. The number of carbonyl (C=O) groups excluding carboxylic acids is 1. The smallest absolute Gasteiger partial charge is 0.281 e. The lowest BCUT2D eigenvalue weighted by Crippen LogP contribution is -2.44. The van der Waals surface area contributed by atoms with Crippen molar-refractivity contribution < 1.29 is 27.8 Å². The van der Waals surface area contributed by atoms with Crippen LogP contribution in [0.15, 0.2) is 41.4 Å². The number of aromatic nitrogens is 1. The van der Waals surface area contributed by atoms with Gasteiger partial charge in [-0.25, -0.2) is 9.71 Å². The predicted molar refractivity (Wildman–Crippen MR) is 138 cm³/mol. The average molecular weight is 530 g/mol. The second-order valence-electron chi connectivity index (χ2n) is 10.5. The summed E-state index contributed by atoms with van der Waals surface area (Å²) in [5.74, 6) is 0.771. The lowest BCUT2D eigenvalue weighted by Gasteiger charge is -2.32. The van der Waals surface area contributed by atoms with Crippen molar-refractivity contribution in [3.63, 3.8) is 0 Å².